The SMILES string of the molecule is NC1C=NN=CC1=O. The molecule has 0 saturated heterocycles. The number of hydrogen-bond donors (Lipinski definition) is 1. The number of Topliss-reactive ketones (excluding diaryl/α,β-unsaturated/α-hetero) is 1. The summed E-state index contributed by atoms with van der Waals surface area (Å²) in [6.07, 6.45) is 2.42. The summed E-state index contributed by atoms with van der Waals surface area (Å²) in [7, 11) is 0. The quantitative estimate of drug-likeness (QED) is 0.433. The first-order valence-corrected chi connectivity index (χ1v) is 2.16. The van der Waals surface area contributed by atoms with E-state index >= 15 is 0 Å². The highest BCUT2D eigenvalue weighted by molar-refractivity contribution is 6.34. The summed E-state index contributed by atoms with van der Waals surface area (Å²) >= 11 is 0. The molecule has 1 atom stereocenters. The van der Waals surface area contributed by atoms with Gasteiger partial charge in [0.15, 0.2) is 5.78 Å². The normalized spacial score (nSPS) is 26.6. The van der Waals surface area contributed by atoms with Crippen LogP contribution >= 0.6 is 0 Å². The highest BCUT2D eigenvalue weighted by Crippen LogP contribution is 1.83. The number of carbonyl (C=O) groups is 1. The van der Waals surface area contributed by atoms with Crippen molar-refractivity contribution in [3.8, 4) is 0 Å². The van der Waals surface area contributed by atoms with E-state index in [1.54, 1.807) is 0 Å². The minimum absolute atomic E-state index is 0.194. The van der Waals surface area contributed by atoms with E-state index in [1.807, 2.05) is 0 Å². The van der Waals surface area contributed by atoms with E-state index in [-0.39, 0.29) is 5.78 Å². The average Bonchev–Trinajstić information content (AvgIpc) is 1.77. The van der Waals surface area contributed by atoms with E-state index in [2.05, 4.69) is 10.2 Å². The largest absolute Gasteiger partial charge is 0.317 e. The smallest absolute Gasteiger partial charge is 0.197 e. The van der Waals surface area contributed by atoms with Crippen LogP contribution in [0.1, 0.15) is 0 Å². The Hall–Kier alpha value is -1.03. The zero-order chi connectivity index (χ0) is 5.98. The molecule has 1 aliphatic heterocycles. The second-order valence-electron chi connectivity index (χ2n) is 1.44. The molecule has 0 aromatic rings. The summed E-state index contributed by atoms with van der Waals surface area (Å²) in [4.78, 5) is 10.4. The predicted molar refractivity (Wildman–Crippen MR) is 30.0 cm³/mol. The molecule has 1 rings (SSSR count). The number of nitrogens with two attached hydrogens (primary N) is 1. The summed E-state index contributed by atoms with van der Waals surface area (Å²) in [5, 5.41) is 6.73. The fraction of sp³-hybridized carbons (Fsp3) is 0.250. The van der Waals surface area contributed by atoms with Gasteiger partial charge in [-0.3, -0.25) is 4.79 Å². The lowest BCUT2D eigenvalue weighted by molar-refractivity contribution is -0.112. The van der Waals surface area contributed by atoms with Crippen molar-refractivity contribution in [3.63, 3.8) is 0 Å². The number of rotatable bonds is 0. The lowest BCUT2D eigenvalue weighted by Gasteiger charge is -1.99. The van der Waals surface area contributed by atoms with Gasteiger partial charge in [0.2, 0.25) is 0 Å². The van der Waals surface area contributed by atoms with Crippen LogP contribution in [0.15, 0.2) is 10.2 Å². The maximum atomic E-state index is 10.4. The fourth-order valence-electron chi connectivity index (χ4n) is 0.360. The molecule has 0 amide bonds. The molecule has 0 saturated carbocycles. The third kappa shape index (κ3) is 0.788. The lowest BCUT2D eigenvalue weighted by Crippen LogP contribution is -2.34. The van der Waals surface area contributed by atoms with Gasteiger partial charge in [-0.05, 0) is 0 Å². The van der Waals surface area contributed by atoms with Crippen LogP contribution < -0.4 is 5.73 Å². The monoisotopic (exact) mass is 111 g/mol. The molecule has 1 unspecified atom stereocenters. The van der Waals surface area contributed by atoms with E-state index in [4.69, 9.17) is 5.73 Å². The summed E-state index contributed by atoms with van der Waals surface area (Å²) in [6, 6.07) is -0.576. The summed E-state index contributed by atoms with van der Waals surface area (Å²) in [5.74, 6) is -0.194. The predicted octanol–water partition coefficient (Wildman–Crippen LogP) is -1.05. The standard InChI is InChI=1S/C4H5N3O/c5-3-1-6-7-2-4(3)8/h1-3H,5H2. The molecule has 0 spiro atoms. The highest BCUT2D eigenvalue weighted by atomic mass is 16.1. The molecule has 0 bridgehead atoms. The van der Waals surface area contributed by atoms with Crippen LogP contribution in [0.4, 0.5) is 0 Å². The van der Waals surface area contributed by atoms with Gasteiger partial charge in [-0.15, -0.1) is 0 Å². The Kier molecular flexibility index (Phi) is 1.17. The van der Waals surface area contributed by atoms with Crippen molar-refractivity contribution in [2.75, 3.05) is 0 Å². The maximum absolute atomic E-state index is 10.4. The summed E-state index contributed by atoms with van der Waals surface area (Å²) in [5.41, 5.74) is 5.19. The van der Waals surface area contributed by atoms with Crippen molar-refractivity contribution in [2.24, 2.45) is 15.9 Å². The second-order valence-corrected chi connectivity index (χ2v) is 1.44. The van der Waals surface area contributed by atoms with Gasteiger partial charge in [-0.2, -0.15) is 10.2 Å². The molecule has 0 aromatic heterocycles. The highest BCUT2D eigenvalue weighted by Gasteiger charge is 2.09. The molecule has 8 heavy (non-hydrogen) atoms. The first-order valence-electron chi connectivity index (χ1n) is 2.16. The zero-order valence-corrected chi connectivity index (χ0v) is 4.11. The van der Waals surface area contributed by atoms with Crippen LogP contribution in [0.5, 0.6) is 0 Å². The topological polar surface area (TPSA) is 67.8 Å². The summed E-state index contributed by atoms with van der Waals surface area (Å²) < 4.78 is 0. The Morgan fingerprint density at radius 3 is 2.75 bits per heavy atom. The molecule has 1 heterocycles. The first-order chi connectivity index (χ1) is 3.80. The van der Waals surface area contributed by atoms with Gasteiger partial charge in [-0.25, -0.2) is 0 Å². The van der Waals surface area contributed by atoms with Crippen molar-refractivity contribution in [2.45, 2.75) is 6.04 Å². The van der Waals surface area contributed by atoms with Crippen LogP contribution in [-0.2, 0) is 4.79 Å². The van der Waals surface area contributed by atoms with Gasteiger partial charge in [-0.1, -0.05) is 0 Å². The van der Waals surface area contributed by atoms with E-state index in [9.17, 15) is 4.79 Å². The van der Waals surface area contributed by atoms with Crippen LogP contribution in [0.2, 0.25) is 0 Å². The Balaban J connectivity index is 2.74. The first kappa shape index (κ1) is 5.11. The van der Waals surface area contributed by atoms with Gasteiger partial charge >= 0.3 is 0 Å². The van der Waals surface area contributed by atoms with Gasteiger partial charge in [0.05, 0.1) is 12.4 Å². The molecule has 0 radical (unpaired) electrons. The maximum Gasteiger partial charge on any atom is 0.197 e. The molecule has 42 valence electrons. The molecule has 2 N–H and O–H groups in total. The minimum atomic E-state index is -0.576. The van der Waals surface area contributed by atoms with E-state index in [1.165, 1.54) is 6.21 Å². The van der Waals surface area contributed by atoms with Crippen LogP contribution in [0, 0.1) is 0 Å². The number of hydrogen-bond acceptors (Lipinski definition) is 4. The second kappa shape index (κ2) is 1.83. The third-order valence-corrected chi connectivity index (χ3v) is 0.807. The fourth-order valence-corrected chi connectivity index (χ4v) is 0.360. The van der Waals surface area contributed by atoms with Crippen LogP contribution in [0.25, 0.3) is 0 Å². The molecule has 1 aliphatic rings. The molecule has 0 aliphatic carbocycles. The van der Waals surface area contributed by atoms with E-state index in [0.29, 0.717) is 0 Å². The molecule has 4 nitrogen and oxygen atoms in total. The molecular weight excluding hydrogens is 106 g/mol. The summed E-state index contributed by atoms with van der Waals surface area (Å²) in [6.45, 7) is 0. The van der Waals surface area contributed by atoms with Gasteiger partial charge < -0.3 is 5.73 Å². The molecular formula is C4H5N3O. The molecule has 0 aromatic carbocycles. The van der Waals surface area contributed by atoms with Crippen molar-refractivity contribution in [1.29, 1.82) is 0 Å². The van der Waals surface area contributed by atoms with Crippen LogP contribution in [-0.4, -0.2) is 24.3 Å². The number of ketones is 1. The van der Waals surface area contributed by atoms with Crippen molar-refractivity contribution < 1.29 is 4.79 Å². The van der Waals surface area contributed by atoms with Gasteiger partial charge in [0, 0.05) is 0 Å². The van der Waals surface area contributed by atoms with Crippen LogP contribution in [0.3, 0.4) is 0 Å². The minimum Gasteiger partial charge on any atom is -0.317 e. The Bertz CT molecular complexity index is 161. The zero-order valence-electron chi connectivity index (χ0n) is 4.11. The Morgan fingerprint density at radius 1 is 1.62 bits per heavy atom. The Labute approximate surface area is 46.1 Å². The molecule has 4 heteroatoms. The Morgan fingerprint density at radius 2 is 2.38 bits per heavy atom. The van der Waals surface area contributed by atoms with Crippen molar-refractivity contribution in [1.82, 2.24) is 0 Å². The third-order valence-electron chi connectivity index (χ3n) is 0.807. The van der Waals surface area contributed by atoms with Gasteiger partial charge in [0.25, 0.3) is 0 Å². The molecule has 0 fully saturated rings. The van der Waals surface area contributed by atoms with Gasteiger partial charge in [0.1, 0.15) is 6.04 Å². The number of nitrogens with zero attached hydrogens (tertiary/aromatic N) is 2. The number of carbonyl (C=O) groups excluding carboxylic acids is 1. The van der Waals surface area contributed by atoms with E-state index in [0.717, 1.165) is 6.21 Å². The van der Waals surface area contributed by atoms with Crippen molar-refractivity contribution in [3.05, 3.63) is 0 Å². The van der Waals surface area contributed by atoms with E-state index < -0.39 is 6.04 Å². The lowest BCUT2D eigenvalue weighted by atomic mass is 10.2. The average molecular weight is 111 g/mol. The van der Waals surface area contributed by atoms with Crippen molar-refractivity contribution >= 4 is 18.2 Å².